The number of hydrogen-bond acceptors (Lipinski definition) is 4. The molecule has 2 rings (SSSR count). The van der Waals surface area contributed by atoms with Gasteiger partial charge in [0.2, 0.25) is 5.91 Å². The minimum Gasteiger partial charge on any atom is -0.336 e. The van der Waals surface area contributed by atoms with Crippen molar-refractivity contribution in [1.29, 1.82) is 5.26 Å². The Labute approximate surface area is 136 Å². The fourth-order valence-electron chi connectivity index (χ4n) is 3.42. The Hall–Kier alpha value is -2.10. The zero-order valence-electron chi connectivity index (χ0n) is 13.8. The second-order valence-corrected chi connectivity index (χ2v) is 6.41. The summed E-state index contributed by atoms with van der Waals surface area (Å²) in [6.07, 6.45) is 5.04. The number of nitriles is 1. The van der Waals surface area contributed by atoms with Gasteiger partial charge in [-0.1, -0.05) is 33.1 Å². The number of urea groups is 1. The van der Waals surface area contributed by atoms with Gasteiger partial charge in [-0.2, -0.15) is 5.26 Å². The maximum Gasteiger partial charge on any atom is 0.325 e. The van der Waals surface area contributed by atoms with Crippen molar-refractivity contribution in [2.45, 2.75) is 69.9 Å². The molecule has 2 aliphatic rings. The molecule has 1 saturated heterocycles. The number of nitrogens with one attached hydrogen (secondary N) is 2. The number of carbonyl (C=O) groups excluding carboxylic acids is 3. The van der Waals surface area contributed by atoms with Crippen molar-refractivity contribution < 1.29 is 14.4 Å². The minimum absolute atomic E-state index is 0.337. The number of imide groups is 1. The van der Waals surface area contributed by atoms with E-state index < -0.39 is 23.0 Å². The van der Waals surface area contributed by atoms with Crippen LogP contribution in [0.25, 0.3) is 0 Å². The van der Waals surface area contributed by atoms with E-state index in [-0.39, 0.29) is 12.5 Å². The predicted molar refractivity (Wildman–Crippen MR) is 83.1 cm³/mol. The fraction of sp³-hybridized carbons (Fsp3) is 0.750. The van der Waals surface area contributed by atoms with E-state index in [1.807, 2.05) is 13.8 Å². The largest absolute Gasteiger partial charge is 0.336 e. The molecule has 126 valence electrons. The summed E-state index contributed by atoms with van der Waals surface area (Å²) in [6, 6.07) is 1.66. The van der Waals surface area contributed by atoms with Gasteiger partial charge in [0, 0.05) is 0 Å². The molecule has 0 radical (unpaired) electrons. The van der Waals surface area contributed by atoms with E-state index in [1.165, 1.54) is 0 Å². The highest BCUT2D eigenvalue weighted by Gasteiger charge is 2.49. The lowest BCUT2D eigenvalue weighted by molar-refractivity contribution is -0.135. The van der Waals surface area contributed by atoms with Crippen molar-refractivity contribution in [3.63, 3.8) is 0 Å². The van der Waals surface area contributed by atoms with Crippen LogP contribution in [0.15, 0.2) is 0 Å². The molecule has 7 heteroatoms. The minimum atomic E-state index is -0.908. The van der Waals surface area contributed by atoms with Crippen LogP contribution in [-0.4, -0.2) is 40.4 Å². The quantitative estimate of drug-likeness (QED) is 0.748. The summed E-state index contributed by atoms with van der Waals surface area (Å²) < 4.78 is 0. The molecule has 23 heavy (non-hydrogen) atoms. The van der Waals surface area contributed by atoms with Crippen molar-refractivity contribution in [2.75, 3.05) is 6.54 Å². The Bertz CT molecular complexity index is 542. The fourth-order valence-corrected chi connectivity index (χ4v) is 3.42. The van der Waals surface area contributed by atoms with E-state index in [1.54, 1.807) is 0 Å². The normalized spacial score (nSPS) is 22.4. The molecule has 0 unspecified atom stereocenters. The van der Waals surface area contributed by atoms with Crippen molar-refractivity contribution in [2.24, 2.45) is 0 Å². The lowest BCUT2D eigenvalue weighted by Gasteiger charge is -2.32. The summed E-state index contributed by atoms with van der Waals surface area (Å²) in [4.78, 5) is 37.7. The van der Waals surface area contributed by atoms with Crippen LogP contribution >= 0.6 is 0 Å². The Morgan fingerprint density at radius 2 is 1.87 bits per heavy atom. The SMILES string of the molecule is CCC1(CC)NC(=O)N(CC(=O)NC2(C#N)CCCCC2)C1=O. The second kappa shape index (κ2) is 6.57. The molecule has 0 aromatic heterocycles. The molecule has 1 aliphatic heterocycles. The molecule has 7 nitrogen and oxygen atoms in total. The first kappa shape index (κ1) is 17.3. The second-order valence-electron chi connectivity index (χ2n) is 6.41. The van der Waals surface area contributed by atoms with Crippen LogP contribution in [0.1, 0.15) is 58.8 Å². The lowest BCUT2D eigenvalue weighted by atomic mass is 9.83. The van der Waals surface area contributed by atoms with Gasteiger partial charge in [-0.15, -0.1) is 0 Å². The summed E-state index contributed by atoms with van der Waals surface area (Å²) in [5, 5.41) is 14.8. The van der Waals surface area contributed by atoms with E-state index in [9.17, 15) is 19.6 Å². The molecule has 0 aromatic carbocycles. The first-order chi connectivity index (χ1) is 10.9. The number of amides is 4. The maximum atomic E-state index is 12.5. The van der Waals surface area contributed by atoms with E-state index in [0.29, 0.717) is 25.7 Å². The third-order valence-electron chi connectivity index (χ3n) is 5.05. The molecule has 0 atom stereocenters. The molecule has 1 aliphatic carbocycles. The van der Waals surface area contributed by atoms with Crippen LogP contribution in [0.4, 0.5) is 4.79 Å². The number of nitrogens with zero attached hydrogens (tertiary/aromatic N) is 2. The Kier molecular flexibility index (Phi) is 4.93. The maximum absolute atomic E-state index is 12.5. The van der Waals surface area contributed by atoms with Crippen LogP contribution < -0.4 is 10.6 Å². The summed E-state index contributed by atoms with van der Waals surface area (Å²) in [6.45, 7) is 3.33. The zero-order chi connectivity index (χ0) is 17.1. The third kappa shape index (κ3) is 3.16. The zero-order valence-corrected chi connectivity index (χ0v) is 13.8. The van der Waals surface area contributed by atoms with Gasteiger partial charge < -0.3 is 10.6 Å². The average Bonchev–Trinajstić information content (AvgIpc) is 2.80. The summed E-state index contributed by atoms with van der Waals surface area (Å²) in [5.41, 5.74) is -1.77. The molecular weight excluding hydrogens is 296 g/mol. The summed E-state index contributed by atoms with van der Waals surface area (Å²) in [5.74, 6) is -0.822. The van der Waals surface area contributed by atoms with Crippen LogP contribution in [-0.2, 0) is 9.59 Å². The molecule has 1 heterocycles. The molecule has 1 saturated carbocycles. The van der Waals surface area contributed by atoms with E-state index >= 15 is 0 Å². The molecule has 2 fully saturated rings. The smallest absolute Gasteiger partial charge is 0.325 e. The van der Waals surface area contributed by atoms with Gasteiger partial charge in [0.1, 0.15) is 17.6 Å². The molecule has 4 amide bonds. The van der Waals surface area contributed by atoms with Gasteiger partial charge in [0.25, 0.3) is 5.91 Å². The van der Waals surface area contributed by atoms with Gasteiger partial charge in [0.15, 0.2) is 0 Å². The Balaban J connectivity index is 2.04. The highest BCUT2D eigenvalue weighted by atomic mass is 16.2. The van der Waals surface area contributed by atoms with Gasteiger partial charge in [0.05, 0.1) is 6.07 Å². The molecule has 0 bridgehead atoms. The molecule has 2 N–H and O–H groups in total. The number of carbonyl (C=O) groups is 3. The van der Waals surface area contributed by atoms with Crippen molar-refractivity contribution in [3.8, 4) is 6.07 Å². The summed E-state index contributed by atoms with van der Waals surface area (Å²) >= 11 is 0. The van der Waals surface area contributed by atoms with Crippen molar-refractivity contribution in [3.05, 3.63) is 0 Å². The third-order valence-corrected chi connectivity index (χ3v) is 5.05. The highest BCUT2D eigenvalue weighted by Crippen LogP contribution is 2.28. The monoisotopic (exact) mass is 320 g/mol. The highest BCUT2D eigenvalue weighted by molar-refractivity contribution is 6.09. The van der Waals surface area contributed by atoms with Crippen LogP contribution in [0.5, 0.6) is 0 Å². The van der Waals surface area contributed by atoms with Gasteiger partial charge in [-0.3, -0.25) is 14.5 Å². The van der Waals surface area contributed by atoms with Crippen molar-refractivity contribution >= 4 is 17.8 Å². The predicted octanol–water partition coefficient (Wildman–Crippen LogP) is 1.44. The average molecular weight is 320 g/mol. The first-order valence-corrected chi connectivity index (χ1v) is 8.28. The number of hydrogen-bond donors (Lipinski definition) is 2. The van der Waals surface area contributed by atoms with E-state index in [2.05, 4.69) is 16.7 Å². The first-order valence-electron chi connectivity index (χ1n) is 8.28. The summed E-state index contributed by atoms with van der Waals surface area (Å²) in [7, 11) is 0. The van der Waals surface area contributed by atoms with Gasteiger partial charge in [-0.05, 0) is 25.7 Å². The van der Waals surface area contributed by atoms with E-state index in [0.717, 1.165) is 24.2 Å². The Morgan fingerprint density at radius 1 is 1.26 bits per heavy atom. The standard InChI is InChI=1S/C16H24N4O3/c1-3-16(4-2)13(22)20(14(23)19-16)10-12(21)18-15(11-17)8-6-5-7-9-15/h3-10H2,1-2H3,(H,18,21)(H,19,23). The molecule has 0 spiro atoms. The number of rotatable bonds is 5. The van der Waals surface area contributed by atoms with Crippen LogP contribution in [0.2, 0.25) is 0 Å². The van der Waals surface area contributed by atoms with E-state index in [4.69, 9.17) is 0 Å². The Morgan fingerprint density at radius 3 is 2.35 bits per heavy atom. The van der Waals surface area contributed by atoms with Gasteiger partial charge in [-0.25, -0.2) is 4.79 Å². The van der Waals surface area contributed by atoms with Gasteiger partial charge >= 0.3 is 6.03 Å². The van der Waals surface area contributed by atoms with Crippen LogP contribution in [0, 0.1) is 11.3 Å². The van der Waals surface area contributed by atoms with Crippen molar-refractivity contribution in [1.82, 2.24) is 15.5 Å². The lowest BCUT2D eigenvalue weighted by Crippen LogP contribution is -2.52. The molecule has 0 aromatic rings. The topological polar surface area (TPSA) is 102 Å². The molecular formula is C16H24N4O3. The van der Waals surface area contributed by atoms with Crippen LogP contribution in [0.3, 0.4) is 0 Å².